The summed E-state index contributed by atoms with van der Waals surface area (Å²) in [5, 5.41) is 17.0. The minimum Gasteiger partial charge on any atom is -0.416 e. The molecule has 48 heavy (non-hydrogen) atoms. The van der Waals surface area contributed by atoms with Gasteiger partial charge in [0.25, 0.3) is 0 Å². The molecule has 0 spiro atoms. The summed E-state index contributed by atoms with van der Waals surface area (Å²) in [6.07, 6.45) is 5.04. The number of carbonyl (C=O) groups is 1. The fourth-order valence-corrected chi connectivity index (χ4v) is 8.56. The van der Waals surface area contributed by atoms with Gasteiger partial charge in [-0.15, -0.1) is 0 Å². The number of sulfonamides is 1. The summed E-state index contributed by atoms with van der Waals surface area (Å²) in [4.78, 5) is 18.7. The Hall–Kier alpha value is -2.48. The fourth-order valence-electron chi connectivity index (χ4n) is 7.59. The summed E-state index contributed by atoms with van der Waals surface area (Å²) >= 11 is 6.62. The maximum Gasteiger partial charge on any atom is 0.414 e. The van der Waals surface area contributed by atoms with Crippen LogP contribution in [0.4, 0.5) is 4.79 Å². The molecule has 0 unspecified atom stereocenters. The van der Waals surface area contributed by atoms with Crippen molar-refractivity contribution in [1.29, 1.82) is 0 Å². The van der Waals surface area contributed by atoms with Crippen LogP contribution in [0.25, 0.3) is 11.3 Å². The van der Waals surface area contributed by atoms with Crippen molar-refractivity contribution in [3.8, 4) is 11.3 Å². The van der Waals surface area contributed by atoms with Crippen molar-refractivity contribution >= 4 is 27.7 Å². The number of β-amino-alcohol motifs (C(OH)–C–C–N with tert-alkyl or cyclic N) is 1. The first kappa shape index (κ1) is 36.8. The molecule has 5 rings (SSSR count). The Balaban J connectivity index is 1.23. The van der Waals surface area contributed by atoms with E-state index in [1.165, 1.54) is 10.6 Å². The largest absolute Gasteiger partial charge is 0.416 e. The van der Waals surface area contributed by atoms with Gasteiger partial charge in [0.15, 0.2) is 0 Å². The molecular weight excluding hydrogens is 652 g/mol. The van der Waals surface area contributed by atoms with Gasteiger partial charge in [0, 0.05) is 67.5 Å². The number of rotatable bonds is 12. The van der Waals surface area contributed by atoms with Gasteiger partial charge in [-0.05, 0) is 88.3 Å². The number of nitrogens with zero attached hydrogens (tertiary/aromatic N) is 6. The predicted molar refractivity (Wildman–Crippen MR) is 189 cm³/mol. The Morgan fingerprint density at radius 3 is 2.33 bits per heavy atom. The van der Waals surface area contributed by atoms with Crippen molar-refractivity contribution in [3.05, 3.63) is 52.4 Å². The summed E-state index contributed by atoms with van der Waals surface area (Å²) in [6, 6.07) is 5.93. The SMILES string of the molecule is C=C(C)OC(=O)N1CCC(C2CCN(C[C@H](O)Cn3nc(-c4ccc(Cl)c(CN(CC)CC)c4)c4c3CCN(S(C)(=O)=O)C4)CC2)CC1. The van der Waals surface area contributed by atoms with E-state index in [9.17, 15) is 18.3 Å². The average Bonchev–Trinajstić information content (AvgIpc) is 3.41. The van der Waals surface area contributed by atoms with Crippen LogP contribution in [-0.2, 0) is 40.8 Å². The van der Waals surface area contributed by atoms with E-state index < -0.39 is 16.1 Å². The van der Waals surface area contributed by atoms with Gasteiger partial charge in [0.2, 0.25) is 10.0 Å². The van der Waals surface area contributed by atoms with E-state index in [1.54, 1.807) is 11.8 Å². The number of carbonyl (C=O) groups excluding carboxylic acids is 1. The summed E-state index contributed by atoms with van der Waals surface area (Å²) < 4.78 is 33.7. The number of likely N-dealkylation sites (tertiary alicyclic amines) is 2. The number of benzene rings is 1. The van der Waals surface area contributed by atoms with Crippen LogP contribution >= 0.6 is 11.6 Å². The van der Waals surface area contributed by atoms with Crippen LogP contribution in [0.1, 0.15) is 63.3 Å². The Bertz CT molecular complexity index is 1540. The van der Waals surface area contributed by atoms with Gasteiger partial charge < -0.3 is 19.6 Å². The molecule has 2 aromatic rings. The number of amides is 1. The Kier molecular flexibility index (Phi) is 12.3. The molecule has 0 radical (unpaired) electrons. The number of ether oxygens (including phenoxy) is 1. The molecular formula is C35H53ClN6O5S. The van der Waals surface area contributed by atoms with E-state index in [4.69, 9.17) is 21.4 Å². The number of aromatic nitrogens is 2. The maximum absolute atomic E-state index is 12.5. The minimum atomic E-state index is -3.38. The van der Waals surface area contributed by atoms with Crippen molar-refractivity contribution in [2.24, 2.45) is 11.8 Å². The lowest BCUT2D eigenvalue weighted by atomic mass is 9.79. The van der Waals surface area contributed by atoms with E-state index in [1.807, 2.05) is 16.8 Å². The zero-order chi connectivity index (χ0) is 34.6. The molecule has 266 valence electrons. The second kappa shape index (κ2) is 16.0. The van der Waals surface area contributed by atoms with Gasteiger partial charge in [0.05, 0.1) is 30.4 Å². The second-order valence-corrected chi connectivity index (χ2v) is 16.1. The molecule has 0 saturated carbocycles. The van der Waals surface area contributed by atoms with E-state index in [0.29, 0.717) is 48.7 Å². The van der Waals surface area contributed by atoms with Gasteiger partial charge in [-0.2, -0.15) is 9.40 Å². The van der Waals surface area contributed by atoms with E-state index in [-0.39, 0.29) is 12.6 Å². The molecule has 2 fully saturated rings. The van der Waals surface area contributed by atoms with Crippen LogP contribution in [0.2, 0.25) is 5.02 Å². The quantitative estimate of drug-likeness (QED) is 0.314. The van der Waals surface area contributed by atoms with E-state index in [0.717, 1.165) is 99.6 Å². The Morgan fingerprint density at radius 1 is 1.08 bits per heavy atom. The van der Waals surface area contributed by atoms with Crippen LogP contribution in [-0.4, -0.2) is 113 Å². The number of allylic oxidation sites excluding steroid dienone is 1. The highest BCUT2D eigenvalue weighted by Crippen LogP contribution is 2.35. The van der Waals surface area contributed by atoms with Crippen LogP contribution < -0.4 is 0 Å². The number of fused-ring (bicyclic) bond motifs is 1. The third-order valence-electron chi connectivity index (χ3n) is 10.4. The first-order chi connectivity index (χ1) is 22.9. The summed E-state index contributed by atoms with van der Waals surface area (Å²) in [5.74, 6) is 1.65. The molecule has 1 atom stereocenters. The molecule has 3 aliphatic heterocycles. The highest BCUT2D eigenvalue weighted by molar-refractivity contribution is 7.88. The second-order valence-electron chi connectivity index (χ2n) is 13.8. The van der Waals surface area contributed by atoms with Crippen LogP contribution in [0.3, 0.4) is 0 Å². The zero-order valence-corrected chi connectivity index (χ0v) is 30.6. The maximum atomic E-state index is 12.5. The lowest BCUT2D eigenvalue weighted by molar-refractivity contribution is 0.0540. The number of hydrogen-bond donors (Lipinski definition) is 1. The number of aliphatic hydroxyl groups excluding tert-OH is 1. The number of piperidine rings is 2. The normalized spacial score (nSPS) is 19.4. The van der Waals surface area contributed by atoms with Gasteiger partial charge in [-0.1, -0.05) is 38.1 Å². The first-order valence-electron chi connectivity index (χ1n) is 17.4. The molecule has 11 nitrogen and oxygen atoms in total. The zero-order valence-electron chi connectivity index (χ0n) is 29.0. The fraction of sp³-hybridized carbons (Fsp3) is 0.657. The number of hydrogen-bond acceptors (Lipinski definition) is 8. The van der Waals surface area contributed by atoms with Gasteiger partial charge in [-0.25, -0.2) is 13.2 Å². The lowest BCUT2D eigenvalue weighted by Crippen LogP contribution is -2.44. The van der Waals surface area contributed by atoms with Gasteiger partial charge in [0.1, 0.15) is 0 Å². The third-order valence-corrected chi connectivity index (χ3v) is 12.0. The van der Waals surface area contributed by atoms with Crippen LogP contribution in [0.15, 0.2) is 30.5 Å². The number of aliphatic hydroxyl groups is 1. The molecule has 4 heterocycles. The predicted octanol–water partition coefficient (Wildman–Crippen LogP) is 4.82. The Labute approximate surface area is 291 Å². The van der Waals surface area contributed by atoms with Crippen LogP contribution in [0, 0.1) is 11.8 Å². The third kappa shape index (κ3) is 9.00. The van der Waals surface area contributed by atoms with Gasteiger partial charge >= 0.3 is 6.09 Å². The molecule has 3 aliphatic rings. The Morgan fingerprint density at radius 2 is 1.73 bits per heavy atom. The van der Waals surface area contributed by atoms with E-state index >= 15 is 0 Å². The average molecular weight is 705 g/mol. The summed E-state index contributed by atoms with van der Waals surface area (Å²) in [5.41, 5.74) is 4.55. The molecule has 2 saturated heterocycles. The molecule has 0 bridgehead atoms. The lowest BCUT2D eigenvalue weighted by Gasteiger charge is -2.40. The minimum absolute atomic E-state index is 0.259. The first-order valence-corrected chi connectivity index (χ1v) is 19.7. The van der Waals surface area contributed by atoms with E-state index in [2.05, 4.69) is 36.3 Å². The van der Waals surface area contributed by atoms with Crippen molar-refractivity contribution in [2.75, 3.05) is 58.6 Å². The topological polar surface area (TPSA) is 111 Å². The highest BCUT2D eigenvalue weighted by Gasteiger charge is 2.33. The highest BCUT2D eigenvalue weighted by atomic mass is 35.5. The summed E-state index contributed by atoms with van der Waals surface area (Å²) in [6.45, 7) is 17.0. The smallest absolute Gasteiger partial charge is 0.414 e. The van der Waals surface area contributed by atoms with Crippen molar-refractivity contribution in [2.45, 2.75) is 78.6 Å². The molecule has 1 N–H and O–H groups in total. The number of halogens is 1. The van der Waals surface area contributed by atoms with Gasteiger partial charge in [-0.3, -0.25) is 9.58 Å². The molecule has 1 amide bonds. The molecule has 0 aliphatic carbocycles. The van der Waals surface area contributed by atoms with Crippen molar-refractivity contribution in [1.82, 2.24) is 28.8 Å². The molecule has 13 heteroatoms. The van der Waals surface area contributed by atoms with Crippen LogP contribution in [0.5, 0.6) is 0 Å². The van der Waals surface area contributed by atoms with Crippen molar-refractivity contribution < 1.29 is 23.1 Å². The molecule has 1 aromatic heterocycles. The molecule has 1 aromatic carbocycles. The standard InChI is InChI=1S/C35H53ClN6O5S/c1-6-38(7-2)21-29-20-28(8-9-32(29)36)34-31-24-41(48(5,45)46)19-14-33(31)42(37-34)23-30(43)22-39-15-10-26(11-16-39)27-12-17-40(18-13-27)35(44)47-25(3)4/h8-9,20,26-27,30,43H,3,6-7,10-19,21-24H2,1-2,4-5H3/t30-/m0/s1. The van der Waals surface area contributed by atoms with Crippen molar-refractivity contribution in [3.63, 3.8) is 0 Å². The monoisotopic (exact) mass is 704 g/mol. The summed E-state index contributed by atoms with van der Waals surface area (Å²) in [7, 11) is -3.38.